The van der Waals surface area contributed by atoms with Gasteiger partial charge in [-0.3, -0.25) is 4.79 Å². The lowest BCUT2D eigenvalue weighted by Gasteiger charge is -2.34. The van der Waals surface area contributed by atoms with Gasteiger partial charge in [-0.2, -0.15) is 0 Å². The minimum atomic E-state index is -0.299. The van der Waals surface area contributed by atoms with E-state index in [9.17, 15) is 9.59 Å². The van der Waals surface area contributed by atoms with Gasteiger partial charge in [-0.15, -0.1) is 0 Å². The van der Waals surface area contributed by atoms with Gasteiger partial charge in [0.15, 0.2) is 6.61 Å². The first kappa shape index (κ1) is 19.1. The van der Waals surface area contributed by atoms with Crippen molar-refractivity contribution in [1.29, 1.82) is 0 Å². The summed E-state index contributed by atoms with van der Waals surface area (Å²) in [6, 6.07) is 5.81. The molecule has 0 N–H and O–H groups in total. The van der Waals surface area contributed by atoms with E-state index in [4.69, 9.17) is 9.47 Å². The Morgan fingerprint density at radius 2 is 1.72 bits per heavy atom. The van der Waals surface area contributed by atoms with E-state index < -0.39 is 0 Å². The summed E-state index contributed by atoms with van der Waals surface area (Å²) in [4.78, 5) is 27.6. The van der Waals surface area contributed by atoms with Crippen LogP contribution in [0.15, 0.2) is 18.2 Å². The van der Waals surface area contributed by atoms with Crippen LogP contribution in [0.25, 0.3) is 0 Å². The van der Waals surface area contributed by atoms with Crippen LogP contribution in [0.2, 0.25) is 0 Å². The molecule has 138 valence electrons. The van der Waals surface area contributed by atoms with Crippen molar-refractivity contribution in [3.05, 3.63) is 29.3 Å². The topological polar surface area (TPSA) is 59.1 Å². The summed E-state index contributed by atoms with van der Waals surface area (Å²) in [7, 11) is 0. The summed E-state index contributed by atoms with van der Waals surface area (Å²) in [5.74, 6) is 0.995. The van der Waals surface area contributed by atoms with E-state index >= 15 is 0 Å². The molecule has 25 heavy (non-hydrogen) atoms. The van der Waals surface area contributed by atoms with Crippen molar-refractivity contribution in [3.63, 3.8) is 0 Å². The van der Waals surface area contributed by atoms with Crippen molar-refractivity contribution >= 4 is 12.0 Å². The third-order valence-corrected chi connectivity index (χ3v) is 4.34. The van der Waals surface area contributed by atoms with Gasteiger partial charge in [0.05, 0.1) is 6.61 Å². The quantitative estimate of drug-likeness (QED) is 0.821. The Labute approximate surface area is 149 Å². The lowest BCUT2D eigenvalue weighted by molar-refractivity contribution is -0.135. The van der Waals surface area contributed by atoms with Gasteiger partial charge in [0.1, 0.15) is 5.75 Å². The van der Waals surface area contributed by atoms with E-state index in [-0.39, 0.29) is 18.6 Å². The second-order valence-corrected chi connectivity index (χ2v) is 6.83. The second kappa shape index (κ2) is 8.74. The van der Waals surface area contributed by atoms with E-state index in [2.05, 4.69) is 0 Å². The smallest absolute Gasteiger partial charge is 0.409 e. The number of hydrogen-bond acceptors (Lipinski definition) is 4. The van der Waals surface area contributed by atoms with Crippen molar-refractivity contribution in [2.24, 2.45) is 5.92 Å². The first-order valence-corrected chi connectivity index (χ1v) is 8.77. The molecule has 1 aromatic rings. The SMILES string of the molecule is Cc1cccc(OCC(=O)N2CCN(C(=O)OCC(C)C)CC2)c1C. The van der Waals surface area contributed by atoms with Crippen molar-refractivity contribution in [1.82, 2.24) is 9.80 Å². The molecule has 0 spiro atoms. The van der Waals surface area contributed by atoms with Gasteiger partial charge in [-0.05, 0) is 37.0 Å². The molecule has 1 fully saturated rings. The fourth-order valence-corrected chi connectivity index (χ4v) is 2.58. The van der Waals surface area contributed by atoms with Crippen LogP contribution >= 0.6 is 0 Å². The highest BCUT2D eigenvalue weighted by molar-refractivity contribution is 5.78. The molecule has 1 aromatic carbocycles. The van der Waals surface area contributed by atoms with E-state index in [0.717, 1.165) is 16.9 Å². The van der Waals surface area contributed by atoms with Gasteiger partial charge in [0.2, 0.25) is 0 Å². The van der Waals surface area contributed by atoms with E-state index in [1.54, 1.807) is 9.80 Å². The van der Waals surface area contributed by atoms with Gasteiger partial charge in [0, 0.05) is 26.2 Å². The average molecular weight is 348 g/mol. The Morgan fingerprint density at radius 1 is 1.08 bits per heavy atom. The number of nitrogens with zero attached hydrogens (tertiary/aromatic N) is 2. The van der Waals surface area contributed by atoms with Crippen LogP contribution in [-0.2, 0) is 9.53 Å². The number of aryl methyl sites for hydroxylation is 1. The second-order valence-electron chi connectivity index (χ2n) is 6.83. The molecule has 1 saturated heterocycles. The minimum Gasteiger partial charge on any atom is -0.483 e. The van der Waals surface area contributed by atoms with Gasteiger partial charge in [-0.25, -0.2) is 4.79 Å². The fourth-order valence-electron chi connectivity index (χ4n) is 2.58. The van der Waals surface area contributed by atoms with Crippen molar-refractivity contribution in [3.8, 4) is 5.75 Å². The van der Waals surface area contributed by atoms with Crippen molar-refractivity contribution < 1.29 is 19.1 Å². The summed E-state index contributed by atoms with van der Waals surface area (Å²) in [6.07, 6.45) is -0.299. The number of rotatable bonds is 5. The first-order valence-electron chi connectivity index (χ1n) is 8.77. The third kappa shape index (κ3) is 5.37. The van der Waals surface area contributed by atoms with Crippen LogP contribution in [0.3, 0.4) is 0 Å². The van der Waals surface area contributed by atoms with Crippen LogP contribution in [0.4, 0.5) is 4.79 Å². The number of carbonyl (C=O) groups is 2. The number of hydrogen-bond donors (Lipinski definition) is 0. The summed E-state index contributed by atoms with van der Waals surface area (Å²) in [5, 5.41) is 0. The third-order valence-electron chi connectivity index (χ3n) is 4.34. The molecule has 0 atom stereocenters. The van der Waals surface area contributed by atoms with E-state index in [1.807, 2.05) is 45.9 Å². The van der Waals surface area contributed by atoms with Crippen molar-refractivity contribution in [2.45, 2.75) is 27.7 Å². The van der Waals surface area contributed by atoms with Crippen molar-refractivity contribution in [2.75, 3.05) is 39.4 Å². The molecule has 1 heterocycles. The number of benzene rings is 1. The van der Waals surface area contributed by atoms with Gasteiger partial charge < -0.3 is 19.3 Å². The van der Waals surface area contributed by atoms with E-state index in [1.165, 1.54) is 0 Å². The predicted octanol–water partition coefficient (Wildman–Crippen LogP) is 2.62. The largest absolute Gasteiger partial charge is 0.483 e. The van der Waals surface area contributed by atoms with Crippen LogP contribution in [0.1, 0.15) is 25.0 Å². The molecule has 2 rings (SSSR count). The highest BCUT2D eigenvalue weighted by Crippen LogP contribution is 2.20. The van der Waals surface area contributed by atoms with Gasteiger partial charge in [0.25, 0.3) is 5.91 Å². The summed E-state index contributed by atoms with van der Waals surface area (Å²) in [5.41, 5.74) is 2.19. The molecular weight excluding hydrogens is 320 g/mol. The van der Waals surface area contributed by atoms with Crippen LogP contribution in [-0.4, -0.2) is 61.2 Å². The summed E-state index contributed by atoms with van der Waals surface area (Å²) in [6.45, 7) is 10.4. The number of ether oxygens (including phenoxy) is 2. The molecule has 0 unspecified atom stereocenters. The zero-order valence-electron chi connectivity index (χ0n) is 15.6. The molecule has 0 bridgehead atoms. The molecule has 0 aliphatic carbocycles. The highest BCUT2D eigenvalue weighted by atomic mass is 16.6. The highest BCUT2D eigenvalue weighted by Gasteiger charge is 2.25. The maximum atomic E-state index is 12.3. The Kier molecular flexibility index (Phi) is 6.67. The van der Waals surface area contributed by atoms with Gasteiger partial charge >= 0.3 is 6.09 Å². The lowest BCUT2D eigenvalue weighted by atomic mass is 10.1. The number of amides is 2. The van der Waals surface area contributed by atoms with Crippen LogP contribution in [0, 0.1) is 19.8 Å². The Morgan fingerprint density at radius 3 is 2.36 bits per heavy atom. The van der Waals surface area contributed by atoms with Gasteiger partial charge in [-0.1, -0.05) is 26.0 Å². The first-order chi connectivity index (χ1) is 11.9. The predicted molar refractivity (Wildman–Crippen MR) is 95.8 cm³/mol. The normalized spacial score (nSPS) is 14.6. The maximum absolute atomic E-state index is 12.3. The molecule has 0 aromatic heterocycles. The molecule has 0 saturated carbocycles. The Hall–Kier alpha value is -2.24. The lowest BCUT2D eigenvalue weighted by Crippen LogP contribution is -2.51. The van der Waals surface area contributed by atoms with Crippen LogP contribution < -0.4 is 4.74 Å². The Bertz CT molecular complexity index is 607. The molecular formula is C19H28N2O4. The molecule has 2 amide bonds. The summed E-state index contributed by atoms with van der Waals surface area (Å²) < 4.78 is 10.9. The minimum absolute atomic E-state index is 0.0160. The number of piperazine rings is 1. The molecule has 6 nitrogen and oxygen atoms in total. The maximum Gasteiger partial charge on any atom is 0.409 e. The molecule has 6 heteroatoms. The molecule has 1 aliphatic heterocycles. The zero-order chi connectivity index (χ0) is 18.4. The van der Waals surface area contributed by atoms with Crippen LogP contribution in [0.5, 0.6) is 5.75 Å². The monoisotopic (exact) mass is 348 g/mol. The Balaban J connectivity index is 1.77. The molecule has 1 aliphatic rings. The standard InChI is InChI=1S/C19H28N2O4/c1-14(2)12-25-19(23)21-10-8-20(9-11-21)18(22)13-24-17-7-5-6-15(3)16(17)4/h5-7,14H,8-13H2,1-4H3. The molecule has 0 radical (unpaired) electrons. The number of carbonyl (C=O) groups excluding carboxylic acids is 2. The fraction of sp³-hybridized carbons (Fsp3) is 0.579. The van der Waals surface area contributed by atoms with E-state index in [0.29, 0.717) is 38.7 Å². The summed E-state index contributed by atoms with van der Waals surface area (Å²) >= 11 is 0. The zero-order valence-corrected chi connectivity index (χ0v) is 15.6. The average Bonchev–Trinajstić information content (AvgIpc) is 2.60.